The Morgan fingerprint density at radius 2 is 1.72 bits per heavy atom. The zero-order chi connectivity index (χ0) is 18.8. The van der Waals surface area contributed by atoms with Crippen molar-refractivity contribution in [3.8, 4) is 11.5 Å². The molecule has 0 aliphatic heterocycles. The van der Waals surface area contributed by atoms with Crippen LogP contribution in [-0.4, -0.2) is 66.5 Å². The molecule has 1 fully saturated rings. The summed E-state index contributed by atoms with van der Waals surface area (Å²) in [6, 6.07) is 3.86. The number of hydrogen-bond acceptors (Lipinski definition) is 8. The molecule has 0 heterocycles. The van der Waals surface area contributed by atoms with Crippen molar-refractivity contribution in [1.82, 2.24) is 0 Å². The fourth-order valence-electron chi connectivity index (χ4n) is 2.58. The van der Waals surface area contributed by atoms with E-state index in [9.17, 15) is 35.1 Å². The van der Waals surface area contributed by atoms with Gasteiger partial charge in [0.2, 0.25) is 0 Å². The number of benzene rings is 1. The molecule has 1 aromatic rings. The van der Waals surface area contributed by atoms with Crippen molar-refractivity contribution in [2.75, 3.05) is 0 Å². The number of phenols is 2. The van der Waals surface area contributed by atoms with E-state index < -0.39 is 48.7 Å². The van der Waals surface area contributed by atoms with E-state index in [1.807, 2.05) is 0 Å². The van der Waals surface area contributed by atoms with Crippen molar-refractivity contribution in [2.24, 2.45) is 0 Å². The van der Waals surface area contributed by atoms with E-state index in [4.69, 9.17) is 9.84 Å². The summed E-state index contributed by atoms with van der Waals surface area (Å²) in [5.74, 6) is -3.19. The largest absolute Gasteiger partial charge is 0.504 e. The van der Waals surface area contributed by atoms with Crippen LogP contribution in [0.2, 0.25) is 0 Å². The molecule has 0 aromatic heterocycles. The molecule has 9 nitrogen and oxygen atoms in total. The summed E-state index contributed by atoms with van der Waals surface area (Å²) >= 11 is 0. The molecule has 0 amide bonds. The smallest absolute Gasteiger partial charge is 0.335 e. The second-order valence-electron chi connectivity index (χ2n) is 5.86. The van der Waals surface area contributed by atoms with E-state index in [1.165, 1.54) is 24.3 Å². The normalized spacial score (nSPS) is 29.5. The van der Waals surface area contributed by atoms with Gasteiger partial charge in [-0.05, 0) is 23.8 Å². The summed E-state index contributed by atoms with van der Waals surface area (Å²) in [6.45, 7) is 0. The Labute approximate surface area is 142 Å². The molecule has 0 bridgehead atoms. The van der Waals surface area contributed by atoms with Crippen LogP contribution in [0, 0.1) is 0 Å². The van der Waals surface area contributed by atoms with Gasteiger partial charge in [0.1, 0.15) is 0 Å². The molecule has 1 aliphatic rings. The summed E-state index contributed by atoms with van der Waals surface area (Å²) in [7, 11) is 0. The Kier molecular flexibility index (Phi) is 5.31. The molecule has 0 radical (unpaired) electrons. The maximum Gasteiger partial charge on any atom is 0.335 e. The quantitative estimate of drug-likeness (QED) is 0.234. The number of aliphatic carboxylic acids is 1. The number of carboxylic acid groups (broad SMARTS) is 1. The fourth-order valence-corrected chi connectivity index (χ4v) is 2.58. The van der Waals surface area contributed by atoms with Gasteiger partial charge in [0, 0.05) is 18.9 Å². The predicted molar refractivity (Wildman–Crippen MR) is 82.5 cm³/mol. The van der Waals surface area contributed by atoms with E-state index in [1.54, 1.807) is 0 Å². The zero-order valence-corrected chi connectivity index (χ0v) is 12.9. The lowest BCUT2D eigenvalue weighted by molar-refractivity contribution is -0.196. The van der Waals surface area contributed by atoms with Crippen molar-refractivity contribution in [3.63, 3.8) is 0 Å². The van der Waals surface area contributed by atoms with E-state index in [0.717, 1.165) is 6.08 Å². The first-order chi connectivity index (χ1) is 11.6. The third-order valence-electron chi connectivity index (χ3n) is 3.91. The van der Waals surface area contributed by atoms with Crippen LogP contribution in [0.5, 0.6) is 11.5 Å². The Morgan fingerprint density at radius 3 is 2.24 bits per heavy atom. The van der Waals surface area contributed by atoms with Crippen LogP contribution < -0.4 is 0 Å². The van der Waals surface area contributed by atoms with Gasteiger partial charge in [-0.1, -0.05) is 6.07 Å². The molecular formula is C16H18O9. The Morgan fingerprint density at radius 1 is 1.12 bits per heavy atom. The van der Waals surface area contributed by atoms with Crippen LogP contribution in [0.1, 0.15) is 18.4 Å². The van der Waals surface area contributed by atoms with Gasteiger partial charge in [-0.25, -0.2) is 9.59 Å². The van der Waals surface area contributed by atoms with Crippen molar-refractivity contribution in [3.05, 3.63) is 29.8 Å². The number of aliphatic hydroxyl groups is 3. The van der Waals surface area contributed by atoms with Gasteiger partial charge in [0.15, 0.2) is 23.2 Å². The highest BCUT2D eigenvalue weighted by Gasteiger charge is 2.50. The summed E-state index contributed by atoms with van der Waals surface area (Å²) in [5.41, 5.74) is -1.90. The topological polar surface area (TPSA) is 165 Å². The zero-order valence-electron chi connectivity index (χ0n) is 12.9. The number of phenolic OH excluding ortho intramolecular Hbond substituents is 2. The maximum absolute atomic E-state index is 11.8. The molecule has 1 aliphatic carbocycles. The first-order valence-electron chi connectivity index (χ1n) is 7.35. The minimum absolute atomic E-state index is 0.320. The molecule has 0 spiro atoms. The molecule has 25 heavy (non-hydrogen) atoms. The number of aromatic hydroxyl groups is 2. The molecule has 2 rings (SSSR count). The van der Waals surface area contributed by atoms with Gasteiger partial charge in [0.05, 0.1) is 12.2 Å². The number of ether oxygens (including phenoxy) is 1. The second-order valence-corrected chi connectivity index (χ2v) is 5.86. The number of carboxylic acids is 1. The minimum atomic E-state index is -2.29. The Hall–Kier alpha value is -2.62. The standard InChI is InChI=1S/C16H18O9/c17-9-3-1-8(5-10(9)18)2-4-13(21)25-14-11(19)6-16(24,15(22)23)7-12(14)20/h1-5,11-12,14,17-20,24H,6-7H2,(H,22,23)/b4-2+/t11-,12?,14?,16?/m1/s1. The molecule has 136 valence electrons. The summed E-state index contributed by atoms with van der Waals surface area (Å²) in [6.07, 6.45) is -3.43. The number of aliphatic hydroxyl groups excluding tert-OH is 2. The highest BCUT2D eigenvalue weighted by atomic mass is 16.6. The lowest BCUT2D eigenvalue weighted by Crippen LogP contribution is -2.57. The second kappa shape index (κ2) is 7.09. The van der Waals surface area contributed by atoms with Crippen molar-refractivity contribution in [1.29, 1.82) is 0 Å². The highest BCUT2D eigenvalue weighted by Crippen LogP contribution is 2.31. The molecule has 1 aromatic carbocycles. The van der Waals surface area contributed by atoms with Gasteiger partial charge in [0.25, 0.3) is 0 Å². The molecule has 9 heteroatoms. The van der Waals surface area contributed by atoms with Crippen molar-refractivity contribution >= 4 is 18.0 Å². The number of esters is 1. The third kappa shape index (κ3) is 4.27. The average Bonchev–Trinajstić information content (AvgIpc) is 2.52. The summed E-state index contributed by atoms with van der Waals surface area (Å²) in [4.78, 5) is 22.8. The number of rotatable bonds is 4. The van der Waals surface area contributed by atoms with E-state index >= 15 is 0 Å². The third-order valence-corrected chi connectivity index (χ3v) is 3.91. The maximum atomic E-state index is 11.8. The summed E-state index contributed by atoms with van der Waals surface area (Å²) < 4.78 is 4.92. The monoisotopic (exact) mass is 354 g/mol. The lowest BCUT2D eigenvalue weighted by Gasteiger charge is -2.39. The van der Waals surface area contributed by atoms with E-state index in [-0.39, 0.29) is 11.5 Å². The van der Waals surface area contributed by atoms with E-state index in [2.05, 4.69) is 0 Å². The van der Waals surface area contributed by atoms with Crippen LogP contribution in [0.4, 0.5) is 0 Å². The lowest BCUT2D eigenvalue weighted by atomic mass is 9.79. The molecule has 1 saturated carbocycles. The van der Waals surface area contributed by atoms with Crippen LogP contribution in [0.3, 0.4) is 0 Å². The van der Waals surface area contributed by atoms with Crippen LogP contribution in [-0.2, 0) is 14.3 Å². The first-order valence-corrected chi connectivity index (χ1v) is 7.35. The van der Waals surface area contributed by atoms with Crippen LogP contribution in [0.25, 0.3) is 6.08 Å². The first kappa shape index (κ1) is 18.7. The van der Waals surface area contributed by atoms with Gasteiger partial charge < -0.3 is 35.4 Å². The number of hydrogen-bond donors (Lipinski definition) is 6. The molecule has 6 N–H and O–H groups in total. The molecule has 0 saturated heterocycles. The van der Waals surface area contributed by atoms with Crippen LogP contribution >= 0.6 is 0 Å². The number of carbonyl (C=O) groups excluding carboxylic acids is 1. The fraction of sp³-hybridized carbons (Fsp3) is 0.375. The van der Waals surface area contributed by atoms with Crippen LogP contribution in [0.15, 0.2) is 24.3 Å². The van der Waals surface area contributed by atoms with Crippen molar-refractivity contribution < 1.29 is 45.0 Å². The molecule has 4 atom stereocenters. The molecular weight excluding hydrogens is 336 g/mol. The van der Waals surface area contributed by atoms with Gasteiger partial charge in [-0.15, -0.1) is 0 Å². The minimum Gasteiger partial charge on any atom is -0.504 e. The SMILES string of the molecule is O=C(/C=C/c1ccc(O)c(O)c1)OC1C(O)CC(O)(C(=O)O)C[C@H]1O. The van der Waals surface area contributed by atoms with Gasteiger partial charge in [-0.3, -0.25) is 0 Å². The number of carbonyl (C=O) groups is 2. The van der Waals surface area contributed by atoms with E-state index in [0.29, 0.717) is 5.56 Å². The van der Waals surface area contributed by atoms with Gasteiger partial charge in [-0.2, -0.15) is 0 Å². The Bertz CT molecular complexity index is 685. The average molecular weight is 354 g/mol. The Balaban J connectivity index is 2.01. The van der Waals surface area contributed by atoms with Crippen molar-refractivity contribution in [2.45, 2.75) is 36.8 Å². The highest BCUT2D eigenvalue weighted by molar-refractivity contribution is 5.87. The summed E-state index contributed by atoms with van der Waals surface area (Å²) in [5, 5.41) is 57.1. The predicted octanol–water partition coefficient (Wildman–Crippen LogP) is -0.646. The van der Waals surface area contributed by atoms with Gasteiger partial charge >= 0.3 is 11.9 Å². The molecule has 3 unspecified atom stereocenters.